The third kappa shape index (κ3) is 3.79. The van der Waals surface area contributed by atoms with Crippen molar-refractivity contribution < 1.29 is 0 Å². The second kappa shape index (κ2) is 4.42. The molecule has 0 aromatic heterocycles. The van der Waals surface area contributed by atoms with Crippen molar-refractivity contribution in [2.75, 3.05) is 25.4 Å². The first-order valence-electron chi connectivity index (χ1n) is 5.50. The Balaban J connectivity index is 2.46. The Morgan fingerprint density at radius 1 is 1.50 bits per heavy atom. The summed E-state index contributed by atoms with van der Waals surface area (Å²) in [5.74, 6) is 1.24. The molecule has 1 aliphatic heterocycles. The third-order valence-electron chi connectivity index (χ3n) is 2.90. The summed E-state index contributed by atoms with van der Waals surface area (Å²) in [6.07, 6.45) is 1.05. The lowest BCUT2D eigenvalue weighted by molar-refractivity contribution is 0.205. The smallest absolute Gasteiger partial charge is 0.0252 e. The molecule has 2 nitrogen and oxygen atoms in total. The summed E-state index contributed by atoms with van der Waals surface area (Å²) >= 11 is 2.08. The minimum atomic E-state index is -0.0158. The Morgan fingerprint density at radius 2 is 2.14 bits per heavy atom. The third-order valence-corrected chi connectivity index (χ3v) is 4.19. The second-order valence-electron chi connectivity index (χ2n) is 5.33. The standard InChI is InChI=1S/C11H24N2S/c1-5-11(4,12)9-13-6-7-14-10(2,3)8-13/h5-9,12H2,1-4H3. The maximum atomic E-state index is 6.19. The number of thioether (sulfide) groups is 1. The van der Waals surface area contributed by atoms with Crippen molar-refractivity contribution in [3.8, 4) is 0 Å². The molecule has 0 aromatic rings. The van der Waals surface area contributed by atoms with Crippen LogP contribution in [0.3, 0.4) is 0 Å². The van der Waals surface area contributed by atoms with E-state index in [4.69, 9.17) is 5.73 Å². The monoisotopic (exact) mass is 216 g/mol. The van der Waals surface area contributed by atoms with E-state index in [9.17, 15) is 0 Å². The first-order valence-corrected chi connectivity index (χ1v) is 6.48. The quantitative estimate of drug-likeness (QED) is 0.782. The largest absolute Gasteiger partial charge is 0.324 e. The molecule has 2 N–H and O–H groups in total. The molecular weight excluding hydrogens is 192 g/mol. The SMILES string of the molecule is CCC(C)(N)CN1CCSC(C)(C)C1. The normalized spacial score (nSPS) is 27.2. The Kier molecular flexibility index (Phi) is 3.89. The van der Waals surface area contributed by atoms with E-state index in [0.29, 0.717) is 4.75 Å². The van der Waals surface area contributed by atoms with Crippen molar-refractivity contribution in [3.05, 3.63) is 0 Å². The summed E-state index contributed by atoms with van der Waals surface area (Å²) in [4.78, 5) is 2.51. The number of hydrogen-bond donors (Lipinski definition) is 1. The van der Waals surface area contributed by atoms with Crippen LogP contribution < -0.4 is 5.73 Å². The maximum Gasteiger partial charge on any atom is 0.0252 e. The zero-order valence-corrected chi connectivity index (χ0v) is 10.8. The van der Waals surface area contributed by atoms with E-state index in [0.717, 1.165) is 13.0 Å². The van der Waals surface area contributed by atoms with Crippen LogP contribution in [-0.4, -0.2) is 40.6 Å². The van der Waals surface area contributed by atoms with Gasteiger partial charge in [-0.05, 0) is 27.2 Å². The van der Waals surface area contributed by atoms with Gasteiger partial charge in [-0.2, -0.15) is 11.8 Å². The van der Waals surface area contributed by atoms with E-state index in [1.54, 1.807) is 0 Å². The topological polar surface area (TPSA) is 29.3 Å². The first-order chi connectivity index (χ1) is 6.35. The fraction of sp³-hybridized carbons (Fsp3) is 1.00. The van der Waals surface area contributed by atoms with Gasteiger partial charge in [-0.3, -0.25) is 4.90 Å². The van der Waals surface area contributed by atoms with Gasteiger partial charge in [0.05, 0.1) is 0 Å². The van der Waals surface area contributed by atoms with Crippen molar-refractivity contribution >= 4 is 11.8 Å². The number of hydrogen-bond acceptors (Lipinski definition) is 3. The molecule has 0 amide bonds. The molecule has 1 saturated heterocycles. The molecule has 1 rings (SSSR count). The molecule has 1 unspecified atom stereocenters. The van der Waals surface area contributed by atoms with Crippen LogP contribution in [0.4, 0.5) is 0 Å². The Labute approximate surface area is 92.6 Å². The van der Waals surface area contributed by atoms with Gasteiger partial charge < -0.3 is 5.73 Å². The van der Waals surface area contributed by atoms with Gasteiger partial charge in [-0.1, -0.05) is 6.92 Å². The van der Waals surface area contributed by atoms with Crippen LogP contribution in [0, 0.1) is 0 Å². The van der Waals surface area contributed by atoms with E-state index >= 15 is 0 Å². The summed E-state index contributed by atoms with van der Waals surface area (Å²) in [5.41, 5.74) is 6.17. The van der Waals surface area contributed by atoms with Crippen molar-refractivity contribution in [2.24, 2.45) is 5.73 Å². The van der Waals surface area contributed by atoms with E-state index in [1.807, 2.05) is 0 Å². The summed E-state index contributed by atoms with van der Waals surface area (Å²) in [7, 11) is 0. The molecule has 0 aliphatic carbocycles. The molecule has 1 atom stereocenters. The summed E-state index contributed by atoms with van der Waals surface area (Å²) in [6.45, 7) is 12.4. The van der Waals surface area contributed by atoms with E-state index in [-0.39, 0.29) is 5.54 Å². The molecular formula is C11H24N2S. The number of nitrogens with two attached hydrogens (primary N) is 1. The van der Waals surface area contributed by atoms with E-state index < -0.39 is 0 Å². The highest BCUT2D eigenvalue weighted by Gasteiger charge is 2.29. The second-order valence-corrected chi connectivity index (χ2v) is 7.13. The fourth-order valence-corrected chi connectivity index (χ4v) is 3.05. The minimum absolute atomic E-state index is 0.0158. The average molecular weight is 216 g/mol. The van der Waals surface area contributed by atoms with Gasteiger partial charge in [0.25, 0.3) is 0 Å². The lowest BCUT2D eigenvalue weighted by atomic mass is 9.99. The molecule has 1 heterocycles. The molecule has 84 valence electrons. The van der Waals surface area contributed by atoms with Crippen LogP contribution in [0.2, 0.25) is 0 Å². The van der Waals surface area contributed by atoms with Crippen LogP contribution in [0.25, 0.3) is 0 Å². The van der Waals surface area contributed by atoms with Gasteiger partial charge >= 0.3 is 0 Å². The lowest BCUT2D eigenvalue weighted by Gasteiger charge is -2.41. The van der Waals surface area contributed by atoms with Crippen LogP contribution in [0.5, 0.6) is 0 Å². The summed E-state index contributed by atoms with van der Waals surface area (Å²) in [6, 6.07) is 0. The van der Waals surface area contributed by atoms with Crippen LogP contribution in [-0.2, 0) is 0 Å². The molecule has 3 heteroatoms. The Hall–Kier alpha value is 0.270. The van der Waals surface area contributed by atoms with Gasteiger partial charge in [0.15, 0.2) is 0 Å². The molecule has 14 heavy (non-hydrogen) atoms. The fourth-order valence-electron chi connectivity index (χ4n) is 1.87. The van der Waals surface area contributed by atoms with Crippen molar-refractivity contribution in [1.82, 2.24) is 4.90 Å². The summed E-state index contributed by atoms with van der Waals surface area (Å²) in [5, 5.41) is 0. The van der Waals surface area contributed by atoms with E-state index in [2.05, 4.69) is 44.4 Å². The van der Waals surface area contributed by atoms with Crippen LogP contribution in [0.1, 0.15) is 34.1 Å². The number of nitrogens with zero attached hydrogens (tertiary/aromatic N) is 1. The number of rotatable bonds is 3. The van der Waals surface area contributed by atoms with Crippen LogP contribution in [0.15, 0.2) is 0 Å². The predicted octanol–water partition coefficient (Wildman–Crippen LogP) is 1.94. The molecule has 0 bridgehead atoms. The van der Waals surface area contributed by atoms with Crippen molar-refractivity contribution in [1.29, 1.82) is 0 Å². The molecule has 0 aromatic carbocycles. The van der Waals surface area contributed by atoms with Crippen molar-refractivity contribution in [3.63, 3.8) is 0 Å². The maximum absolute atomic E-state index is 6.19. The van der Waals surface area contributed by atoms with Crippen molar-refractivity contribution in [2.45, 2.75) is 44.4 Å². The van der Waals surface area contributed by atoms with Gasteiger partial charge in [-0.15, -0.1) is 0 Å². The highest BCUT2D eigenvalue weighted by atomic mass is 32.2. The average Bonchev–Trinajstić information content (AvgIpc) is 2.01. The lowest BCUT2D eigenvalue weighted by Crippen LogP contribution is -2.52. The molecule has 0 spiro atoms. The molecule has 0 saturated carbocycles. The minimum Gasteiger partial charge on any atom is -0.324 e. The van der Waals surface area contributed by atoms with Crippen LogP contribution >= 0.6 is 11.8 Å². The summed E-state index contributed by atoms with van der Waals surface area (Å²) < 4.78 is 0.405. The van der Waals surface area contributed by atoms with E-state index in [1.165, 1.54) is 18.8 Å². The first kappa shape index (κ1) is 12.3. The van der Waals surface area contributed by atoms with Gasteiger partial charge in [0, 0.05) is 35.7 Å². The highest BCUT2D eigenvalue weighted by Crippen LogP contribution is 2.30. The zero-order valence-electron chi connectivity index (χ0n) is 9.97. The molecule has 1 fully saturated rings. The zero-order chi connectivity index (χ0) is 10.8. The van der Waals surface area contributed by atoms with Gasteiger partial charge in [0.2, 0.25) is 0 Å². The highest BCUT2D eigenvalue weighted by molar-refractivity contribution is 8.00. The Bertz CT molecular complexity index is 190. The van der Waals surface area contributed by atoms with Gasteiger partial charge in [-0.25, -0.2) is 0 Å². The molecule has 0 radical (unpaired) electrons. The Morgan fingerprint density at radius 3 is 2.64 bits per heavy atom. The predicted molar refractivity (Wildman–Crippen MR) is 65.9 cm³/mol. The van der Waals surface area contributed by atoms with Gasteiger partial charge in [0.1, 0.15) is 0 Å². The molecule has 1 aliphatic rings.